The lowest BCUT2D eigenvalue weighted by atomic mass is 10.1. The summed E-state index contributed by atoms with van der Waals surface area (Å²) in [5.74, 6) is 1.49. The molecular weight excluding hydrogens is 512 g/mol. The molecule has 1 aromatic carbocycles. The van der Waals surface area contributed by atoms with E-state index < -0.39 is 8.32 Å². The van der Waals surface area contributed by atoms with Crippen molar-refractivity contribution in [3.05, 3.63) is 84.3 Å². The van der Waals surface area contributed by atoms with Gasteiger partial charge in [0.2, 0.25) is 0 Å². The molecule has 2 N–H and O–H groups in total. The first kappa shape index (κ1) is 27.7. The number of nitrogens with two attached hydrogens (primary N) is 1. The maximum absolute atomic E-state index is 6.45. The third-order valence-electron chi connectivity index (χ3n) is 7.86. The lowest BCUT2D eigenvalue weighted by Crippen LogP contribution is -2.40. The molecule has 0 saturated heterocycles. The van der Waals surface area contributed by atoms with Gasteiger partial charge in [0.1, 0.15) is 11.3 Å². The molecule has 0 spiro atoms. The Hall–Kier alpha value is -3.88. The van der Waals surface area contributed by atoms with Crippen molar-refractivity contribution < 1.29 is 4.43 Å². The van der Waals surface area contributed by atoms with Crippen LogP contribution in [0.15, 0.2) is 73.1 Å². The van der Waals surface area contributed by atoms with E-state index in [1.807, 2.05) is 30.5 Å². The van der Waals surface area contributed by atoms with E-state index in [1.165, 1.54) is 0 Å². The number of hydrogen-bond donors (Lipinski definition) is 1. The molecule has 7 nitrogen and oxygen atoms in total. The van der Waals surface area contributed by atoms with Crippen molar-refractivity contribution in [3.8, 4) is 28.3 Å². The van der Waals surface area contributed by atoms with E-state index in [1.54, 1.807) is 6.20 Å². The standard InChI is InChI=1S/C32H38N6OSi/c1-21(2)26-15-12-23(19-35-26)27-16-17-28-31(36-27)38(30(37-28)25-9-8-18-34-29(25)33)24-13-10-22(11-14-24)20-39-40(6,7)32(3,4)5/h8-19,21H,20H2,1-7H3,(H2,33,34). The van der Waals surface area contributed by atoms with Crippen LogP contribution in [-0.2, 0) is 11.0 Å². The molecule has 0 radical (unpaired) electrons. The summed E-state index contributed by atoms with van der Waals surface area (Å²) in [5, 5.41) is 0.162. The fourth-order valence-electron chi connectivity index (χ4n) is 4.27. The Bertz CT molecular complexity index is 1630. The lowest BCUT2D eigenvalue weighted by Gasteiger charge is -2.36. The third kappa shape index (κ3) is 5.42. The summed E-state index contributed by atoms with van der Waals surface area (Å²) in [7, 11) is -1.85. The van der Waals surface area contributed by atoms with Crippen LogP contribution < -0.4 is 5.73 Å². The summed E-state index contributed by atoms with van der Waals surface area (Å²) in [6.45, 7) is 16.2. The van der Waals surface area contributed by atoms with Crippen molar-refractivity contribution in [3.63, 3.8) is 0 Å². The van der Waals surface area contributed by atoms with Gasteiger partial charge >= 0.3 is 0 Å². The Morgan fingerprint density at radius 3 is 2.30 bits per heavy atom. The molecule has 0 aliphatic carbocycles. The smallest absolute Gasteiger partial charge is 0.192 e. The highest BCUT2D eigenvalue weighted by Gasteiger charge is 2.37. The highest BCUT2D eigenvalue weighted by Crippen LogP contribution is 2.37. The van der Waals surface area contributed by atoms with Crippen molar-refractivity contribution >= 4 is 25.3 Å². The topological polar surface area (TPSA) is 91.7 Å². The molecule has 5 aromatic rings. The number of anilines is 1. The van der Waals surface area contributed by atoms with Gasteiger partial charge in [0.25, 0.3) is 0 Å². The van der Waals surface area contributed by atoms with Gasteiger partial charge in [-0.3, -0.25) is 9.55 Å². The quantitative estimate of drug-likeness (QED) is 0.208. The Morgan fingerprint density at radius 1 is 0.925 bits per heavy atom. The van der Waals surface area contributed by atoms with E-state index in [4.69, 9.17) is 20.1 Å². The van der Waals surface area contributed by atoms with Crippen LogP contribution >= 0.6 is 0 Å². The summed E-state index contributed by atoms with van der Waals surface area (Å²) in [6, 6.07) is 20.4. The molecule has 0 fully saturated rings. The predicted molar refractivity (Wildman–Crippen MR) is 166 cm³/mol. The summed E-state index contributed by atoms with van der Waals surface area (Å²) in [4.78, 5) is 19.0. The van der Waals surface area contributed by atoms with Crippen LogP contribution in [-0.4, -0.2) is 32.8 Å². The summed E-state index contributed by atoms with van der Waals surface area (Å²) >= 11 is 0. The molecule has 0 atom stereocenters. The maximum atomic E-state index is 6.45. The predicted octanol–water partition coefficient (Wildman–Crippen LogP) is 7.77. The van der Waals surface area contributed by atoms with Crippen LogP contribution in [0.4, 0.5) is 5.82 Å². The van der Waals surface area contributed by atoms with E-state index in [0.29, 0.717) is 24.2 Å². The number of imidazole rings is 1. The van der Waals surface area contributed by atoms with Gasteiger partial charge in [-0.1, -0.05) is 46.8 Å². The van der Waals surface area contributed by atoms with Crippen LogP contribution in [0.2, 0.25) is 18.1 Å². The van der Waals surface area contributed by atoms with E-state index in [-0.39, 0.29) is 5.04 Å². The number of nitrogen functional groups attached to an aromatic ring is 1. The highest BCUT2D eigenvalue weighted by molar-refractivity contribution is 6.74. The molecule has 206 valence electrons. The lowest BCUT2D eigenvalue weighted by molar-refractivity contribution is 0.276. The molecule has 5 rings (SSSR count). The zero-order chi connectivity index (χ0) is 28.7. The second-order valence-electron chi connectivity index (χ2n) is 12.1. The van der Waals surface area contributed by atoms with E-state index in [2.05, 4.69) is 98.6 Å². The number of aromatic nitrogens is 5. The van der Waals surface area contributed by atoms with Gasteiger partial charge in [0.15, 0.2) is 19.8 Å². The molecule has 0 saturated carbocycles. The summed E-state index contributed by atoms with van der Waals surface area (Å²) in [6.07, 6.45) is 3.58. The molecule has 0 aliphatic rings. The van der Waals surface area contributed by atoms with Crippen LogP contribution in [0.1, 0.15) is 51.8 Å². The van der Waals surface area contributed by atoms with Crippen LogP contribution in [0.25, 0.3) is 39.5 Å². The molecule has 4 aromatic heterocycles. The first-order valence-electron chi connectivity index (χ1n) is 13.7. The number of nitrogens with zero attached hydrogens (tertiary/aromatic N) is 5. The maximum Gasteiger partial charge on any atom is 0.192 e. The van der Waals surface area contributed by atoms with Crippen molar-refractivity contribution in [1.29, 1.82) is 0 Å². The molecule has 0 amide bonds. The number of pyridine rings is 3. The SMILES string of the molecule is CC(C)c1ccc(-c2ccc3nc(-c4cccnc4N)n(-c4ccc(CO[Si](C)(C)C(C)(C)C)cc4)c3n2)cn1. The van der Waals surface area contributed by atoms with Crippen LogP contribution in [0.5, 0.6) is 0 Å². The van der Waals surface area contributed by atoms with Gasteiger partial charge in [-0.25, -0.2) is 15.0 Å². The molecule has 0 aliphatic heterocycles. The van der Waals surface area contributed by atoms with Crippen LogP contribution in [0, 0.1) is 0 Å². The number of benzene rings is 1. The second-order valence-corrected chi connectivity index (χ2v) is 16.9. The number of rotatable bonds is 7. The fraction of sp³-hybridized carbons (Fsp3) is 0.312. The third-order valence-corrected chi connectivity index (χ3v) is 12.3. The van der Waals surface area contributed by atoms with E-state index in [9.17, 15) is 0 Å². The zero-order valence-corrected chi connectivity index (χ0v) is 25.4. The summed E-state index contributed by atoms with van der Waals surface area (Å²) in [5.41, 5.74) is 13.5. The molecule has 40 heavy (non-hydrogen) atoms. The van der Waals surface area contributed by atoms with Gasteiger partial charge in [-0.15, -0.1) is 0 Å². The molecule has 0 bridgehead atoms. The largest absolute Gasteiger partial charge is 0.413 e. The number of fused-ring (bicyclic) bond motifs is 1. The minimum absolute atomic E-state index is 0.162. The Morgan fingerprint density at radius 2 is 1.68 bits per heavy atom. The molecule has 0 unspecified atom stereocenters. The van der Waals surface area contributed by atoms with Crippen LogP contribution in [0.3, 0.4) is 0 Å². The molecular formula is C32H38N6OSi. The summed E-state index contributed by atoms with van der Waals surface area (Å²) < 4.78 is 8.51. The average Bonchev–Trinajstić information content (AvgIpc) is 3.30. The first-order valence-corrected chi connectivity index (χ1v) is 16.7. The first-order chi connectivity index (χ1) is 18.9. The van der Waals surface area contributed by atoms with Gasteiger partial charge in [-0.05, 0) is 78.1 Å². The van der Waals surface area contributed by atoms with Crippen molar-refractivity contribution in [2.45, 2.75) is 65.3 Å². The van der Waals surface area contributed by atoms with Crippen molar-refractivity contribution in [1.82, 2.24) is 24.5 Å². The minimum atomic E-state index is -1.85. The molecule has 4 heterocycles. The Labute approximate surface area is 237 Å². The van der Waals surface area contributed by atoms with Gasteiger partial charge in [0, 0.05) is 29.3 Å². The highest BCUT2D eigenvalue weighted by atomic mass is 28.4. The van der Waals surface area contributed by atoms with E-state index in [0.717, 1.165) is 44.9 Å². The Kier molecular flexibility index (Phi) is 7.33. The normalized spacial score (nSPS) is 12.4. The second kappa shape index (κ2) is 10.6. The molecule has 8 heteroatoms. The monoisotopic (exact) mass is 550 g/mol. The Balaban J connectivity index is 1.58. The van der Waals surface area contributed by atoms with Gasteiger partial charge in [-0.2, -0.15) is 0 Å². The van der Waals surface area contributed by atoms with Gasteiger partial charge < -0.3 is 10.2 Å². The van der Waals surface area contributed by atoms with Gasteiger partial charge in [0.05, 0.1) is 17.9 Å². The average molecular weight is 551 g/mol. The fourth-order valence-corrected chi connectivity index (χ4v) is 5.23. The number of hydrogen-bond acceptors (Lipinski definition) is 6. The van der Waals surface area contributed by atoms with Crippen molar-refractivity contribution in [2.24, 2.45) is 0 Å². The van der Waals surface area contributed by atoms with Crippen molar-refractivity contribution in [2.75, 3.05) is 5.73 Å². The zero-order valence-electron chi connectivity index (χ0n) is 24.4. The van der Waals surface area contributed by atoms with E-state index >= 15 is 0 Å². The minimum Gasteiger partial charge on any atom is -0.413 e.